The molecular weight excluding hydrogens is 230 g/mol. The van der Waals surface area contributed by atoms with Crippen LogP contribution >= 0.6 is 27.5 Å². The Hall–Kier alpha value is -0.0800. The predicted molar refractivity (Wildman–Crippen MR) is 48.7 cm³/mol. The largest absolute Gasteiger partial charge is 0.243 e. The van der Waals surface area contributed by atoms with E-state index in [1.54, 1.807) is 18.2 Å². The molecule has 0 nitrogen and oxygen atoms in total. The Bertz CT molecular complexity index is 260. The first-order valence-corrected chi connectivity index (χ1v) is 4.38. The van der Waals surface area contributed by atoms with E-state index in [9.17, 15) is 4.39 Å². The Labute approximate surface area is 78.5 Å². The maximum absolute atomic E-state index is 12.8. The molecule has 0 aliphatic heterocycles. The van der Waals surface area contributed by atoms with Gasteiger partial charge in [-0.1, -0.05) is 23.7 Å². The van der Waals surface area contributed by atoms with E-state index < -0.39 is 6.17 Å². The second-order valence-electron chi connectivity index (χ2n) is 2.26. The molecule has 0 radical (unpaired) electrons. The van der Waals surface area contributed by atoms with E-state index in [0.29, 0.717) is 10.6 Å². The molecular formula is C8H7BrClF. The molecule has 1 atom stereocenters. The van der Waals surface area contributed by atoms with Crippen LogP contribution in [0, 0.1) is 0 Å². The molecule has 1 aromatic carbocycles. The molecule has 0 saturated heterocycles. The number of hydrogen-bond acceptors (Lipinski definition) is 0. The van der Waals surface area contributed by atoms with E-state index >= 15 is 0 Å². The summed E-state index contributed by atoms with van der Waals surface area (Å²) in [6.45, 7) is 1.47. The highest BCUT2D eigenvalue weighted by atomic mass is 79.9. The van der Waals surface area contributed by atoms with Crippen LogP contribution < -0.4 is 0 Å². The second-order valence-corrected chi connectivity index (χ2v) is 3.49. The number of benzene rings is 1. The summed E-state index contributed by atoms with van der Waals surface area (Å²) in [7, 11) is 0. The normalized spacial score (nSPS) is 13.1. The van der Waals surface area contributed by atoms with E-state index in [4.69, 9.17) is 11.6 Å². The monoisotopic (exact) mass is 236 g/mol. The lowest BCUT2D eigenvalue weighted by Crippen LogP contribution is -1.86. The minimum absolute atomic E-state index is 0.461. The van der Waals surface area contributed by atoms with Gasteiger partial charge in [-0.05, 0) is 28.9 Å². The van der Waals surface area contributed by atoms with Crippen LogP contribution in [0.25, 0.3) is 0 Å². The van der Waals surface area contributed by atoms with Crippen molar-refractivity contribution in [3.8, 4) is 0 Å². The van der Waals surface area contributed by atoms with Crippen LogP contribution in [0.15, 0.2) is 22.7 Å². The Morgan fingerprint density at radius 2 is 2.18 bits per heavy atom. The van der Waals surface area contributed by atoms with Crippen molar-refractivity contribution in [2.75, 3.05) is 0 Å². The summed E-state index contributed by atoms with van der Waals surface area (Å²) in [5, 5.41) is 0.461. The minimum Gasteiger partial charge on any atom is -0.243 e. The molecule has 0 amide bonds. The zero-order valence-corrected chi connectivity index (χ0v) is 8.29. The van der Waals surface area contributed by atoms with Crippen LogP contribution in [0.1, 0.15) is 18.7 Å². The Morgan fingerprint density at radius 1 is 1.55 bits per heavy atom. The summed E-state index contributed by atoms with van der Waals surface area (Å²) in [6.07, 6.45) is -1.01. The molecule has 1 aromatic rings. The highest BCUT2D eigenvalue weighted by molar-refractivity contribution is 9.10. The molecule has 0 aliphatic carbocycles. The Balaban J connectivity index is 3.17. The lowest BCUT2D eigenvalue weighted by molar-refractivity contribution is 0.374. The molecule has 1 unspecified atom stereocenters. The molecule has 0 aliphatic rings. The third-order valence-corrected chi connectivity index (χ3v) is 2.72. The maximum atomic E-state index is 12.8. The first-order valence-electron chi connectivity index (χ1n) is 3.21. The van der Waals surface area contributed by atoms with Crippen molar-refractivity contribution in [2.45, 2.75) is 13.1 Å². The molecule has 0 fully saturated rings. The fourth-order valence-electron chi connectivity index (χ4n) is 0.828. The van der Waals surface area contributed by atoms with Gasteiger partial charge < -0.3 is 0 Å². The highest BCUT2D eigenvalue weighted by Crippen LogP contribution is 2.31. The SMILES string of the molecule is CC(F)c1cccc(Br)c1Cl. The van der Waals surface area contributed by atoms with Gasteiger partial charge in [-0.2, -0.15) is 0 Å². The van der Waals surface area contributed by atoms with E-state index in [-0.39, 0.29) is 0 Å². The van der Waals surface area contributed by atoms with Crippen LogP contribution in [0.4, 0.5) is 4.39 Å². The summed E-state index contributed by atoms with van der Waals surface area (Å²) in [5.74, 6) is 0. The number of rotatable bonds is 1. The van der Waals surface area contributed by atoms with Crippen molar-refractivity contribution in [1.82, 2.24) is 0 Å². The third-order valence-electron chi connectivity index (χ3n) is 1.41. The van der Waals surface area contributed by atoms with Crippen LogP contribution in [0.2, 0.25) is 5.02 Å². The predicted octanol–water partition coefficient (Wildman–Crippen LogP) is 4.13. The quantitative estimate of drug-likeness (QED) is 0.689. The van der Waals surface area contributed by atoms with Gasteiger partial charge in [-0.25, -0.2) is 4.39 Å². The summed E-state index contributed by atoms with van der Waals surface area (Å²) < 4.78 is 13.5. The smallest absolute Gasteiger partial charge is 0.124 e. The van der Waals surface area contributed by atoms with Crippen molar-refractivity contribution >= 4 is 27.5 Å². The Kier molecular flexibility index (Phi) is 2.90. The average Bonchev–Trinajstić information content (AvgIpc) is 1.94. The van der Waals surface area contributed by atoms with Gasteiger partial charge in [0.05, 0.1) is 5.02 Å². The van der Waals surface area contributed by atoms with Gasteiger partial charge in [0, 0.05) is 10.0 Å². The van der Waals surface area contributed by atoms with Gasteiger partial charge in [0.15, 0.2) is 0 Å². The topological polar surface area (TPSA) is 0 Å². The third kappa shape index (κ3) is 1.94. The van der Waals surface area contributed by atoms with Crippen molar-refractivity contribution < 1.29 is 4.39 Å². The summed E-state index contributed by atoms with van der Waals surface area (Å²) in [5.41, 5.74) is 0.529. The first kappa shape index (κ1) is 9.01. The molecule has 0 N–H and O–H groups in total. The zero-order chi connectivity index (χ0) is 8.43. The van der Waals surface area contributed by atoms with E-state index in [0.717, 1.165) is 4.47 Å². The van der Waals surface area contributed by atoms with Gasteiger partial charge >= 0.3 is 0 Å². The molecule has 3 heteroatoms. The van der Waals surface area contributed by atoms with Gasteiger partial charge in [0.2, 0.25) is 0 Å². The van der Waals surface area contributed by atoms with Crippen molar-refractivity contribution in [3.63, 3.8) is 0 Å². The second kappa shape index (κ2) is 3.55. The number of halogens is 3. The lowest BCUT2D eigenvalue weighted by atomic mass is 10.1. The number of alkyl halides is 1. The van der Waals surface area contributed by atoms with Crippen LogP contribution in [0.3, 0.4) is 0 Å². The maximum Gasteiger partial charge on any atom is 0.124 e. The van der Waals surface area contributed by atoms with Gasteiger partial charge in [-0.15, -0.1) is 0 Å². The fourth-order valence-corrected chi connectivity index (χ4v) is 1.49. The molecule has 0 aromatic heterocycles. The van der Waals surface area contributed by atoms with Crippen molar-refractivity contribution in [1.29, 1.82) is 0 Å². The Morgan fingerprint density at radius 3 is 2.64 bits per heavy atom. The van der Waals surface area contributed by atoms with E-state index in [2.05, 4.69) is 15.9 Å². The summed E-state index contributed by atoms with van der Waals surface area (Å²) >= 11 is 9.02. The van der Waals surface area contributed by atoms with Gasteiger partial charge in [-0.3, -0.25) is 0 Å². The van der Waals surface area contributed by atoms with Crippen molar-refractivity contribution in [3.05, 3.63) is 33.3 Å². The highest BCUT2D eigenvalue weighted by Gasteiger charge is 2.09. The van der Waals surface area contributed by atoms with E-state index in [1.165, 1.54) is 6.92 Å². The molecule has 11 heavy (non-hydrogen) atoms. The van der Waals surface area contributed by atoms with Crippen molar-refractivity contribution in [2.24, 2.45) is 0 Å². The van der Waals surface area contributed by atoms with Crippen LogP contribution in [-0.2, 0) is 0 Å². The number of hydrogen-bond donors (Lipinski definition) is 0. The summed E-state index contributed by atoms with van der Waals surface area (Å²) in [6, 6.07) is 5.23. The molecule has 60 valence electrons. The fraction of sp³-hybridized carbons (Fsp3) is 0.250. The molecule has 0 saturated carbocycles. The standard InChI is InChI=1S/C8H7BrClF/c1-5(11)6-3-2-4-7(9)8(6)10/h2-5H,1H3. The lowest BCUT2D eigenvalue weighted by Gasteiger charge is -2.05. The van der Waals surface area contributed by atoms with E-state index in [1.807, 2.05) is 0 Å². The zero-order valence-electron chi connectivity index (χ0n) is 5.94. The van der Waals surface area contributed by atoms with Gasteiger partial charge in [0.1, 0.15) is 6.17 Å². The van der Waals surface area contributed by atoms with Crippen LogP contribution in [-0.4, -0.2) is 0 Å². The molecule has 1 rings (SSSR count). The summed E-state index contributed by atoms with van der Waals surface area (Å²) in [4.78, 5) is 0. The molecule has 0 heterocycles. The molecule has 0 bridgehead atoms. The minimum atomic E-state index is -1.01. The first-order chi connectivity index (χ1) is 5.13. The van der Waals surface area contributed by atoms with Crippen LogP contribution in [0.5, 0.6) is 0 Å². The molecule has 0 spiro atoms. The van der Waals surface area contributed by atoms with Gasteiger partial charge in [0.25, 0.3) is 0 Å². The average molecular weight is 237 g/mol.